The first kappa shape index (κ1) is 14.9. The molecule has 1 aromatic rings. The van der Waals surface area contributed by atoms with Gasteiger partial charge in [-0.05, 0) is 31.9 Å². The first-order valence-electron chi connectivity index (χ1n) is 6.66. The summed E-state index contributed by atoms with van der Waals surface area (Å²) < 4.78 is 0. The minimum atomic E-state index is -0.929. The molecule has 5 heteroatoms. The zero-order valence-electron chi connectivity index (χ0n) is 12.1. The van der Waals surface area contributed by atoms with Gasteiger partial charge in [-0.2, -0.15) is 0 Å². The van der Waals surface area contributed by atoms with Crippen molar-refractivity contribution in [2.75, 3.05) is 4.90 Å². The molecule has 1 aliphatic heterocycles. The average molecular weight is 295 g/mol. The Bertz CT molecular complexity index is 555. The van der Waals surface area contributed by atoms with Gasteiger partial charge in [-0.1, -0.05) is 37.6 Å². The quantitative estimate of drug-likeness (QED) is 0.911. The summed E-state index contributed by atoms with van der Waals surface area (Å²) in [6.45, 7) is 7.24. The van der Waals surface area contributed by atoms with Crippen LogP contribution in [0, 0.1) is 5.92 Å². The number of hydrogen-bond donors (Lipinski definition) is 1. The number of nitrogens with one attached hydrogen (secondary N) is 1. The van der Waals surface area contributed by atoms with Gasteiger partial charge in [0.1, 0.15) is 11.6 Å². The van der Waals surface area contributed by atoms with Crippen molar-refractivity contribution in [1.82, 2.24) is 5.32 Å². The highest BCUT2D eigenvalue weighted by Gasteiger charge is 2.47. The van der Waals surface area contributed by atoms with Crippen molar-refractivity contribution in [3.05, 3.63) is 29.3 Å². The minimum Gasteiger partial charge on any atom is -0.340 e. The number of amides is 2. The van der Waals surface area contributed by atoms with Crippen LogP contribution in [0.3, 0.4) is 0 Å². The zero-order chi connectivity index (χ0) is 15.1. The van der Waals surface area contributed by atoms with Crippen LogP contribution in [0.15, 0.2) is 24.3 Å². The molecule has 1 N–H and O–H groups in total. The third-order valence-corrected chi connectivity index (χ3v) is 3.80. The van der Waals surface area contributed by atoms with Crippen LogP contribution in [0.4, 0.5) is 5.69 Å². The Labute approximate surface area is 124 Å². The summed E-state index contributed by atoms with van der Waals surface area (Å²) in [5, 5.41) is 3.25. The fraction of sp³-hybridized carbons (Fsp3) is 0.467. The predicted molar refractivity (Wildman–Crippen MR) is 79.8 cm³/mol. The standard InChI is InChI=1S/C15H19ClN2O2/c1-9(2)12-13(19)17-15(3,4)14(20)18(12)11-8-6-5-7-10(11)16/h5-9,12H,1-4H3,(H,17,19). The number of nitrogens with zero attached hydrogens (tertiary/aromatic N) is 1. The molecule has 0 aliphatic carbocycles. The normalized spacial score (nSPS) is 22.1. The van der Waals surface area contributed by atoms with E-state index in [1.165, 1.54) is 4.90 Å². The summed E-state index contributed by atoms with van der Waals surface area (Å²) in [6.07, 6.45) is 0. The van der Waals surface area contributed by atoms with Gasteiger partial charge in [0.15, 0.2) is 0 Å². The summed E-state index contributed by atoms with van der Waals surface area (Å²) in [5.74, 6) is -0.306. The van der Waals surface area contributed by atoms with E-state index < -0.39 is 11.6 Å². The zero-order valence-corrected chi connectivity index (χ0v) is 12.9. The van der Waals surface area contributed by atoms with Gasteiger partial charge in [-0.3, -0.25) is 14.5 Å². The van der Waals surface area contributed by atoms with Gasteiger partial charge in [-0.15, -0.1) is 0 Å². The lowest BCUT2D eigenvalue weighted by atomic mass is 9.91. The van der Waals surface area contributed by atoms with E-state index in [9.17, 15) is 9.59 Å². The molecule has 4 nitrogen and oxygen atoms in total. The number of anilines is 1. The Morgan fingerprint density at radius 2 is 1.85 bits per heavy atom. The summed E-state index contributed by atoms with van der Waals surface area (Å²) >= 11 is 6.21. The SMILES string of the molecule is CC(C)C1C(=O)NC(C)(C)C(=O)N1c1ccccc1Cl. The van der Waals surface area contributed by atoms with E-state index in [0.29, 0.717) is 10.7 Å². The molecular weight excluding hydrogens is 276 g/mol. The van der Waals surface area contributed by atoms with Crippen LogP contribution in [0.1, 0.15) is 27.7 Å². The van der Waals surface area contributed by atoms with Gasteiger partial charge in [0.25, 0.3) is 5.91 Å². The highest BCUT2D eigenvalue weighted by Crippen LogP contribution is 2.33. The molecule has 20 heavy (non-hydrogen) atoms. The topological polar surface area (TPSA) is 49.4 Å². The number of halogens is 1. The highest BCUT2D eigenvalue weighted by molar-refractivity contribution is 6.34. The van der Waals surface area contributed by atoms with E-state index in [4.69, 9.17) is 11.6 Å². The molecule has 1 unspecified atom stereocenters. The number of para-hydroxylation sites is 1. The van der Waals surface area contributed by atoms with Crippen LogP contribution < -0.4 is 10.2 Å². The third-order valence-electron chi connectivity index (χ3n) is 3.48. The first-order chi connectivity index (χ1) is 9.25. The fourth-order valence-electron chi connectivity index (χ4n) is 2.49. The van der Waals surface area contributed by atoms with Crippen LogP contribution in [-0.2, 0) is 9.59 Å². The monoisotopic (exact) mass is 294 g/mol. The van der Waals surface area contributed by atoms with Gasteiger partial charge in [0, 0.05) is 0 Å². The molecule has 0 aromatic heterocycles. The van der Waals surface area contributed by atoms with Crippen molar-refractivity contribution in [2.24, 2.45) is 5.92 Å². The Morgan fingerprint density at radius 3 is 2.40 bits per heavy atom. The smallest absolute Gasteiger partial charge is 0.252 e. The molecule has 2 amide bonds. The second-order valence-corrected chi connectivity index (χ2v) is 6.34. The van der Waals surface area contributed by atoms with Crippen LogP contribution in [-0.4, -0.2) is 23.4 Å². The number of benzene rings is 1. The molecule has 1 heterocycles. The lowest BCUT2D eigenvalue weighted by molar-refractivity contribution is -0.138. The van der Waals surface area contributed by atoms with E-state index in [0.717, 1.165) is 0 Å². The maximum atomic E-state index is 12.7. The Kier molecular flexibility index (Phi) is 3.78. The summed E-state index contributed by atoms with van der Waals surface area (Å²) in [5.41, 5.74) is -0.345. The van der Waals surface area contributed by atoms with Crippen molar-refractivity contribution >= 4 is 29.1 Å². The van der Waals surface area contributed by atoms with E-state index in [2.05, 4.69) is 5.32 Å². The average Bonchev–Trinajstić information content (AvgIpc) is 2.33. The van der Waals surface area contributed by atoms with Gasteiger partial charge >= 0.3 is 0 Å². The van der Waals surface area contributed by atoms with Crippen molar-refractivity contribution < 1.29 is 9.59 Å². The van der Waals surface area contributed by atoms with Crippen LogP contribution in [0.2, 0.25) is 5.02 Å². The molecule has 1 aromatic carbocycles. The van der Waals surface area contributed by atoms with E-state index >= 15 is 0 Å². The van der Waals surface area contributed by atoms with Crippen molar-refractivity contribution in [1.29, 1.82) is 0 Å². The lowest BCUT2D eigenvalue weighted by Crippen LogP contribution is -2.69. The third kappa shape index (κ3) is 2.40. The van der Waals surface area contributed by atoms with Crippen molar-refractivity contribution in [3.63, 3.8) is 0 Å². The molecule has 0 spiro atoms. The van der Waals surface area contributed by atoms with Gasteiger partial charge < -0.3 is 5.32 Å². The van der Waals surface area contributed by atoms with E-state index in [1.807, 2.05) is 19.9 Å². The van der Waals surface area contributed by atoms with E-state index in [-0.39, 0.29) is 17.7 Å². The van der Waals surface area contributed by atoms with E-state index in [1.54, 1.807) is 32.0 Å². The lowest BCUT2D eigenvalue weighted by Gasteiger charge is -2.44. The number of piperazine rings is 1. The van der Waals surface area contributed by atoms with Gasteiger partial charge in [-0.25, -0.2) is 0 Å². The molecular formula is C15H19ClN2O2. The summed E-state index contributed by atoms with van der Waals surface area (Å²) in [6, 6.07) is 6.56. The molecule has 2 rings (SSSR count). The maximum absolute atomic E-state index is 12.7. The fourth-order valence-corrected chi connectivity index (χ4v) is 2.71. The van der Waals surface area contributed by atoms with Gasteiger partial charge in [0.05, 0.1) is 10.7 Å². The first-order valence-corrected chi connectivity index (χ1v) is 7.03. The maximum Gasteiger partial charge on any atom is 0.252 e. The number of hydrogen-bond acceptors (Lipinski definition) is 2. The molecule has 1 fully saturated rings. The Morgan fingerprint density at radius 1 is 1.25 bits per heavy atom. The Hall–Kier alpha value is -1.55. The largest absolute Gasteiger partial charge is 0.340 e. The number of carbonyl (C=O) groups excluding carboxylic acids is 2. The van der Waals surface area contributed by atoms with Crippen LogP contribution in [0.25, 0.3) is 0 Å². The molecule has 108 valence electrons. The molecule has 0 bridgehead atoms. The Balaban J connectivity index is 2.57. The molecule has 0 saturated carbocycles. The van der Waals surface area contributed by atoms with Gasteiger partial charge in [0.2, 0.25) is 5.91 Å². The summed E-state index contributed by atoms with van der Waals surface area (Å²) in [7, 11) is 0. The molecule has 0 radical (unpaired) electrons. The molecule has 1 aliphatic rings. The number of rotatable bonds is 2. The van der Waals surface area contributed by atoms with Crippen LogP contribution >= 0.6 is 11.6 Å². The van der Waals surface area contributed by atoms with Crippen LogP contribution in [0.5, 0.6) is 0 Å². The highest BCUT2D eigenvalue weighted by atomic mass is 35.5. The molecule has 1 saturated heterocycles. The predicted octanol–water partition coefficient (Wildman–Crippen LogP) is 2.61. The van der Waals surface area contributed by atoms with Crippen molar-refractivity contribution in [2.45, 2.75) is 39.3 Å². The molecule has 1 atom stereocenters. The van der Waals surface area contributed by atoms with Crippen molar-refractivity contribution in [3.8, 4) is 0 Å². The second-order valence-electron chi connectivity index (χ2n) is 5.93. The minimum absolute atomic E-state index is 0.00803. The number of carbonyl (C=O) groups is 2. The summed E-state index contributed by atoms with van der Waals surface area (Å²) in [4.78, 5) is 26.6. The second kappa shape index (κ2) is 5.09.